The Bertz CT molecular complexity index is 370. The van der Waals surface area contributed by atoms with E-state index in [9.17, 15) is 4.39 Å². The number of likely N-dealkylation sites (tertiary alicyclic amines) is 1. The lowest BCUT2D eigenvalue weighted by atomic mass is 10.0. The van der Waals surface area contributed by atoms with Crippen LogP contribution in [0.4, 0.5) is 10.1 Å². The van der Waals surface area contributed by atoms with Gasteiger partial charge in [-0.15, -0.1) is 0 Å². The van der Waals surface area contributed by atoms with E-state index in [1.807, 2.05) is 13.0 Å². The Balaban J connectivity index is 1.95. The van der Waals surface area contributed by atoms with Gasteiger partial charge in [0.2, 0.25) is 0 Å². The second-order valence-electron chi connectivity index (χ2n) is 4.77. The summed E-state index contributed by atoms with van der Waals surface area (Å²) < 4.78 is 13.4. The summed E-state index contributed by atoms with van der Waals surface area (Å²) in [4.78, 5) is 2.45. The summed E-state index contributed by atoms with van der Waals surface area (Å²) in [6.45, 7) is 7.44. The lowest BCUT2D eigenvalue weighted by Gasteiger charge is -2.32. The highest BCUT2D eigenvalue weighted by Gasteiger charge is 2.18. The summed E-state index contributed by atoms with van der Waals surface area (Å²) in [6, 6.07) is 5.73. The molecule has 1 aromatic carbocycles. The molecule has 1 aliphatic rings. The van der Waals surface area contributed by atoms with Crippen LogP contribution in [0, 0.1) is 12.7 Å². The number of rotatable bonds is 3. The van der Waals surface area contributed by atoms with E-state index in [0.29, 0.717) is 6.04 Å². The van der Waals surface area contributed by atoms with E-state index in [1.165, 1.54) is 6.07 Å². The van der Waals surface area contributed by atoms with Gasteiger partial charge in [-0.05, 0) is 38.4 Å². The SMILES string of the molecule is CCN1CCC(Nc2cccc(F)c2C)CC1. The smallest absolute Gasteiger partial charge is 0.128 e. The molecule has 0 spiro atoms. The van der Waals surface area contributed by atoms with Crippen LogP contribution in [0.2, 0.25) is 0 Å². The Morgan fingerprint density at radius 2 is 2.06 bits per heavy atom. The molecule has 17 heavy (non-hydrogen) atoms. The van der Waals surface area contributed by atoms with Crippen molar-refractivity contribution in [1.82, 2.24) is 4.90 Å². The lowest BCUT2D eigenvalue weighted by molar-refractivity contribution is 0.229. The molecule has 2 nitrogen and oxygen atoms in total. The van der Waals surface area contributed by atoms with Crippen LogP contribution in [0.25, 0.3) is 0 Å². The average molecular weight is 236 g/mol. The van der Waals surface area contributed by atoms with Crippen LogP contribution < -0.4 is 5.32 Å². The fourth-order valence-electron chi connectivity index (χ4n) is 2.38. The fourth-order valence-corrected chi connectivity index (χ4v) is 2.38. The lowest BCUT2D eigenvalue weighted by Crippen LogP contribution is -2.38. The highest BCUT2D eigenvalue weighted by molar-refractivity contribution is 5.51. The number of hydrogen-bond donors (Lipinski definition) is 1. The summed E-state index contributed by atoms with van der Waals surface area (Å²) >= 11 is 0. The summed E-state index contributed by atoms with van der Waals surface area (Å²) in [6.07, 6.45) is 2.29. The third kappa shape index (κ3) is 2.97. The van der Waals surface area contributed by atoms with Crippen molar-refractivity contribution in [2.24, 2.45) is 0 Å². The molecule has 1 aromatic rings. The minimum Gasteiger partial charge on any atom is -0.382 e. The highest BCUT2D eigenvalue weighted by Crippen LogP contribution is 2.21. The third-order valence-corrected chi connectivity index (χ3v) is 3.66. The van der Waals surface area contributed by atoms with Gasteiger partial charge in [-0.3, -0.25) is 0 Å². The molecule has 1 saturated heterocycles. The highest BCUT2D eigenvalue weighted by atomic mass is 19.1. The van der Waals surface area contributed by atoms with Crippen molar-refractivity contribution < 1.29 is 4.39 Å². The molecule has 0 atom stereocenters. The molecule has 3 heteroatoms. The van der Waals surface area contributed by atoms with Crippen molar-refractivity contribution in [3.05, 3.63) is 29.6 Å². The van der Waals surface area contributed by atoms with Gasteiger partial charge in [0.15, 0.2) is 0 Å². The molecule has 94 valence electrons. The fraction of sp³-hybridized carbons (Fsp3) is 0.571. The van der Waals surface area contributed by atoms with Crippen LogP contribution in [0.3, 0.4) is 0 Å². The maximum absolute atomic E-state index is 13.4. The first-order valence-electron chi connectivity index (χ1n) is 6.44. The van der Waals surface area contributed by atoms with Gasteiger partial charge in [-0.2, -0.15) is 0 Å². The first kappa shape index (κ1) is 12.4. The number of nitrogens with one attached hydrogen (secondary N) is 1. The molecule has 0 aliphatic carbocycles. The van der Waals surface area contributed by atoms with Crippen LogP contribution in [-0.4, -0.2) is 30.6 Å². The van der Waals surface area contributed by atoms with Crippen LogP contribution in [-0.2, 0) is 0 Å². The van der Waals surface area contributed by atoms with Crippen LogP contribution in [0.15, 0.2) is 18.2 Å². The molecular weight excluding hydrogens is 215 g/mol. The molecule has 1 aliphatic heterocycles. The van der Waals surface area contributed by atoms with Gasteiger partial charge in [-0.25, -0.2) is 4.39 Å². The topological polar surface area (TPSA) is 15.3 Å². The van der Waals surface area contributed by atoms with E-state index in [2.05, 4.69) is 17.1 Å². The van der Waals surface area contributed by atoms with Crippen LogP contribution in [0.1, 0.15) is 25.3 Å². The van der Waals surface area contributed by atoms with Crippen molar-refractivity contribution in [3.63, 3.8) is 0 Å². The summed E-state index contributed by atoms with van der Waals surface area (Å²) in [5.41, 5.74) is 1.67. The number of hydrogen-bond acceptors (Lipinski definition) is 2. The average Bonchev–Trinajstić information content (AvgIpc) is 2.36. The van der Waals surface area contributed by atoms with Crippen molar-refractivity contribution in [3.8, 4) is 0 Å². The third-order valence-electron chi connectivity index (χ3n) is 3.66. The normalized spacial score (nSPS) is 18.3. The molecule has 2 rings (SSSR count). The van der Waals surface area contributed by atoms with Crippen molar-refractivity contribution in [2.75, 3.05) is 25.0 Å². The van der Waals surface area contributed by atoms with Gasteiger partial charge >= 0.3 is 0 Å². The number of benzene rings is 1. The second kappa shape index (κ2) is 5.50. The summed E-state index contributed by atoms with van der Waals surface area (Å²) in [7, 11) is 0. The summed E-state index contributed by atoms with van der Waals surface area (Å²) in [5, 5.41) is 3.47. The van der Waals surface area contributed by atoms with Gasteiger partial charge in [0.25, 0.3) is 0 Å². The molecular formula is C14H21FN2. The molecule has 1 fully saturated rings. The Morgan fingerprint density at radius 3 is 2.71 bits per heavy atom. The maximum atomic E-state index is 13.4. The first-order chi connectivity index (χ1) is 8.20. The van der Waals surface area contributed by atoms with Crippen molar-refractivity contribution in [2.45, 2.75) is 32.7 Å². The second-order valence-corrected chi connectivity index (χ2v) is 4.77. The maximum Gasteiger partial charge on any atom is 0.128 e. The van der Waals surface area contributed by atoms with E-state index < -0.39 is 0 Å². The Morgan fingerprint density at radius 1 is 1.35 bits per heavy atom. The van der Waals surface area contributed by atoms with Gasteiger partial charge in [0.05, 0.1) is 0 Å². The Labute approximate surface area is 103 Å². The molecule has 0 radical (unpaired) electrons. The molecule has 1 heterocycles. The number of halogens is 1. The van der Waals surface area contributed by atoms with E-state index in [1.54, 1.807) is 6.07 Å². The molecule has 1 N–H and O–H groups in total. The Hall–Kier alpha value is -1.09. The van der Waals surface area contributed by atoms with Gasteiger partial charge < -0.3 is 10.2 Å². The molecule has 0 amide bonds. The van der Waals surface area contributed by atoms with Gasteiger partial charge in [0, 0.05) is 30.4 Å². The zero-order valence-corrected chi connectivity index (χ0v) is 10.7. The zero-order chi connectivity index (χ0) is 12.3. The summed E-state index contributed by atoms with van der Waals surface area (Å²) in [5.74, 6) is -0.124. The minimum atomic E-state index is -0.124. The van der Waals surface area contributed by atoms with Gasteiger partial charge in [0.1, 0.15) is 5.82 Å². The standard InChI is InChI=1S/C14H21FN2/c1-3-17-9-7-12(8-10-17)16-14-6-4-5-13(15)11(14)2/h4-6,12,16H,3,7-10H2,1-2H3. The molecule has 0 saturated carbocycles. The predicted octanol–water partition coefficient (Wildman–Crippen LogP) is 3.03. The van der Waals surface area contributed by atoms with Gasteiger partial charge in [-0.1, -0.05) is 13.0 Å². The van der Waals surface area contributed by atoms with E-state index in [0.717, 1.165) is 43.7 Å². The number of piperidine rings is 1. The predicted molar refractivity (Wildman–Crippen MR) is 69.9 cm³/mol. The molecule has 0 aromatic heterocycles. The largest absolute Gasteiger partial charge is 0.382 e. The Kier molecular flexibility index (Phi) is 4.00. The molecule has 0 unspecified atom stereocenters. The van der Waals surface area contributed by atoms with Crippen molar-refractivity contribution >= 4 is 5.69 Å². The number of anilines is 1. The van der Waals surface area contributed by atoms with Crippen LogP contribution in [0.5, 0.6) is 0 Å². The van der Waals surface area contributed by atoms with E-state index in [4.69, 9.17) is 0 Å². The quantitative estimate of drug-likeness (QED) is 0.867. The first-order valence-corrected chi connectivity index (χ1v) is 6.44. The van der Waals surface area contributed by atoms with E-state index >= 15 is 0 Å². The number of nitrogens with zero attached hydrogens (tertiary/aromatic N) is 1. The molecule has 0 bridgehead atoms. The monoisotopic (exact) mass is 236 g/mol. The van der Waals surface area contributed by atoms with Crippen LogP contribution >= 0.6 is 0 Å². The minimum absolute atomic E-state index is 0.124. The zero-order valence-electron chi connectivity index (χ0n) is 10.7. The van der Waals surface area contributed by atoms with Crippen molar-refractivity contribution in [1.29, 1.82) is 0 Å². The van der Waals surface area contributed by atoms with E-state index in [-0.39, 0.29) is 5.82 Å².